The highest BCUT2D eigenvalue weighted by Gasteiger charge is 2.10. The van der Waals surface area contributed by atoms with E-state index in [0.29, 0.717) is 0 Å². The van der Waals surface area contributed by atoms with Crippen LogP contribution in [0, 0.1) is 24.0 Å². The van der Waals surface area contributed by atoms with Crippen LogP contribution in [0.3, 0.4) is 0 Å². The van der Waals surface area contributed by atoms with Gasteiger partial charge in [-0.1, -0.05) is 5.92 Å². The van der Waals surface area contributed by atoms with E-state index in [2.05, 4.69) is 11.2 Å². The lowest BCUT2D eigenvalue weighted by atomic mass is 10.2. The maximum absolute atomic E-state index is 12.8. The molecule has 0 aromatic heterocycles. The minimum Gasteiger partial charge on any atom is -0.339 e. The van der Waals surface area contributed by atoms with Crippen LogP contribution in [0.5, 0.6) is 0 Å². The zero-order valence-electron chi connectivity index (χ0n) is 8.05. The first-order chi connectivity index (χ1) is 7.04. The molecule has 1 atom stereocenters. The molecule has 0 aliphatic rings. The van der Waals surface area contributed by atoms with Gasteiger partial charge in [-0.3, -0.25) is 4.79 Å². The molecule has 78 valence electrons. The lowest BCUT2D eigenvalue weighted by Crippen LogP contribution is -2.31. The molecule has 0 fully saturated rings. The Morgan fingerprint density at radius 2 is 2.13 bits per heavy atom. The molecule has 0 spiro atoms. The van der Waals surface area contributed by atoms with Crippen molar-refractivity contribution in [3.8, 4) is 12.3 Å². The van der Waals surface area contributed by atoms with Crippen molar-refractivity contribution >= 4 is 5.91 Å². The monoisotopic (exact) mass is 209 g/mol. The lowest BCUT2D eigenvalue weighted by molar-refractivity contribution is 0.0947. The second-order valence-electron chi connectivity index (χ2n) is 2.99. The first-order valence-corrected chi connectivity index (χ1v) is 4.26. The van der Waals surface area contributed by atoms with E-state index in [9.17, 15) is 13.6 Å². The number of hydrogen-bond donors (Lipinski definition) is 1. The standard InChI is InChI=1S/C11H9F2NO/c1-3-7(2)14-11(15)8-4-5-9(12)10(13)6-8/h1,4-7H,2H3,(H,14,15)/t7-/m1/s1. The summed E-state index contributed by atoms with van der Waals surface area (Å²) >= 11 is 0. The third-order valence-corrected chi connectivity index (χ3v) is 1.78. The topological polar surface area (TPSA) is 29.1 Å². The van der Waals surface area contributed by atoms with Gasteiger partial charge < -0.3 is 5.32 Å². The highest BCUT2D eigenvalue weighted by atomic mass is 19.2. The van der Waals surface area contributed by atoms with Crippen LogP contribution in [0.1, 0.15) is 17.3 Å². The van der Waals surface area contributed by atoms with E-state index < -0.39 is 23.6 Å². The van der Waals surface area contributed by atoms with Crippen LogP contribution >= 0.6 is 0 Å². The number of carbonyl (C=O) groups is 1. The third-order valence-electron chi connectivity index (χ3n) is 1.78. The largest absolute Gasteiger partial charge is 0.339 e. The predicted octanol–water partition coefficient (Wildman–Crippen LogP) is 1.72. The predicted molar refractivity (Wildman–Crippen MR) is 52.1 cm³/mol. The summed E-state index contributed by atoms with van der Waals surface area (Å²) in [5, 5.41) is 2.43. The number of terminal acetylenes is 1. The molecular weight excluding hydrogens is 200 g/mol. The van der Waals surface area contributed by atoms with Crippen molar-refractivity contribution in [3.05, 3.63) is 35.4 Å². The number of carbonyl (C=O) groups excluding carboxylic acids is 1. The summed E-state index contributed by atoms with van der Waals surface area (Å²) in [7, 11) is 0. The molecular formula is C11H9F2NO. The summed E-state index contributed by atoms with van der Waals surface area (Å²) in [5.74, 6) is -0.285. The SMILES string of the molecule is C#C[C@@H](C)NC(=O)c1ccc(F)c(F)c1. The molecule has 0 unspecified atom stereocenters. The van der Waals surface area contributed by atoms with E-state index in [1.54, 1.807) is 6.92 Å². The van der Waals surface area contributed by atoms with E-state index in [1.165, 1.54) is 6.07 Å². The minimum atomic E-state index is -1.06. The zero-order valence-corrected chi connectivity index (χ0v) is 8.05. The van der Waals surface area contributed by atoms with Gasteiger partial charge in [0.05, 0.1) is 6.04 Å². The number of benzene rings is 1. The van der Waals surface area contributed by atoms with E-state index in [1.807, 2.05) is 0 Å². The normalized spacial score (nSPS) is 11.6. The van der Waals surface area contributed by atoms with Gasteiger partial charge in [-0.25, -0.2) is 8.78 Å². The summed E-state index contributed by atoms with van der Waals surface area (Å²) in [6.45, 7) is 1.61. The summed E-state index contributed by atoms with van der Waals surface area (Å²) in [6, 6.07) is 2.46. The molecule has 1 amide bonds. The second-order valence-corrected chi connectivity index (χ2v) is 2.99. The molecule has 1 aromatic carbocycles. The average molecular weight is 209 g/mol. The summed E-state index contributed by atoms with van der Waals surface area (Å²) in [4.78, 5) is 11.4. The van der Waals surface area contributed by atoms with Crippen molar-refractivity contribution in [2.75, 3.05) is 0 Å². The van der Waals surface area contributed by atoms with Gasteiger partial charge in [0.2, 0.25) is 0 Å². The molecule has 0 aliphatic carbocycles. The first kappa shape index (κ1) is 11.2. The quantitative estimate of drug-likeness (QED) is 0.738. The van der Waals surface area contributed by atoms with E-state index in [-0.39, 0.29) is 5.56 Å². The molecule has 0 saturated carbocycles. The highest BCUT2D eigenvalue weighted by molar-refractivity contribution is 5.94. The van der Waals surface area contributed by atoms with Crippen LogP contribution in [0.15, 0.2) is 18.2 Å². The van der Waals surface area contributed by atoms with Crippen molar-refractivity contribution in [2.24, 2.45) is 0 Å². The Morgan fingerprint density at radius 3 is 2.67 bits per heavy atom. The van der Waals surface area contributed by atoms with Crippen LogP contribution < -0.4 is 5.32 Å². The smallest absolute Gasteiger partial charge is 0.252 e. The van der Waals surface area contributed by atoms with Crippen molar-refractivity contribution in [3.63, 3.8) is 0 Å². The summed E-state index contributed by atoms with van der Waals surface area (Å²) in [5.41, 5.74) is 0.0380. The van der Waals surface area contributed by atoms with Gasteiger partial charge in [0.15, 0.2) is 11.6 Å². The average Bonchev–Trinajstić information content (AvgIpc) is 2.21. The fourth-order valence-electron chi connectivity index (χ4n) is 0.959. The first-order valence-electron chi connectivity index (χ1n) is 4.26. The zero-order chi connectivity index (χ0) is 11.4. The molecule has 1 N–H and O–H groups in total. The number of hydrogen-bond acceptors (Lipinski definition) is 1. The molecule has 0 saturated heterocycles. The molecule has 0 bridgehead atoms. The van der Waals surface area contributed by atoms with Gasteiger partial charge in [-0.05, 0) is 25.1 Å². The van der Waals surface area contributed by atoms with Crippen molar-refractivity contribution < 1.29 is 13.6 Å². The summed E-state index contributed by atoms with van der Waals surface area (Å²) < 4.78 is 25.3. The van der Waals surface area contributed by atoms with Crippen molar-refractivity contribution in [1.82, 2.24) is 5.32 Å². The number of amides is 1. The molecule has 1 aromatic rings. The molecule has 2 nitrogen and oxygen atoms in total. The van der Waals surface area contributed by atoms with Gasteiger partial charge >= 0.3 is 0 Å². The van der Waals surface area contributed by atoms with Gasteiger partial charge in [-0.15, -0.1) is 6.42 Å². The van der Waals surface area contributed by atoms with Crippen molar-refractivity contribution in [1.29, 1.82) is 0 Å². The number of halogens is 2. The molecule has 0 aliphatic heterocycles. The van der Waals surface area contributed by atoms with E-state index >= 15 is 0 Å². The fourth-order valence-corrected chi connectivity index (χ4v) is 0.959. The van der Waals surface area contributed by atoms with Crippen LogP contribution in [0.4, 0.5) is 8.78 Å². The maximum Gasteiger partial charge on any atom is 0.252 e. The van der Waals surface area contributed by atoms with E-state index in [0.717, 1.165) is 12.1 Å². The molecule has 0 heterocycles. The molecule has 4 heteroatoms. The number of rotatable bonds is 2. The fraction of sp³-hybridized carbons (Fsp3) is 0.182. The molecule has 1 rings (SSSR count). The van der Waals surface area contributed by atoms with Gasteiger partial charge in [0.1, 0.15) is 0 Å². The van der Waals surface area contributed by atoms with Gasteiger partial charge in [0.25, 0.3) is 5.91 Å². The van der Waals surface area contributed by atoms with Crippen molar-refractivity contribution in [2.45, 2.75) is 13.0 Å². The maximum atomic E-state index is 12.8. The Morgan fingerprint density at radius 1 is 1.47 bits per heavy atom. The second kappa shape index (κ2) is 4.56. The Kier molecular flexibility index (Phi) is 3.40. The van der Waals surface area contributed by atoms with Gasteiger partial charge in [0, 0.05) is 5.56 Å². The Hall–Kier alpha value is -1.89. The van der Waals surface area contributed by atoms with E-state index in [4.69, 9.17) is 6.42 Å². The van der Waals surface area contributed by atoms with Crippen LogP contribution in [-0.2, 0) is 0 Å². The Balaban J connectivity index is 2.84. The Bertz CT molecular complexity index is 423. The minimum absolute atomic E-state index is 0.0380. The van der Waals surface area contributed by atoms with Crippen LogP contribution in [-0.4, -0.2) is 11.9 Å². The Labute approximate surface area is 86.3 Å². The van der Waals surface area contributed by atoms with Gasteiger partial charge in [-0.2, -0.15) is 0 Å². The third kappa shape index (κ3) is 2.78. The number of nitrogens with one attached hydrogen (secondary N) is 1. The molecule has 15 heavy (non-hydrogen) atoms. The van der Waals surface area contributed by atoms with Crippen LogP contribution in [0.25, 0.3) is 0 Å². The van der Waals surface area contributed by atoms with Crippen LogP contribution in [0.2, 0.25) is 0 Å². The lowest BCUT2D eigenvalue weighted by Gasteiger charge is -2.07. The summed E-state index contributed by atoms with van der Waals surface area (Å²) in [6.07, 6.45) is 5.05. The highest BCUT2D eigenvalue weighted by Crippen LogP contribution is 2.08. The molecule has 0 radical (unpaired) electrons.